The lowest BCUT2D eigenvalue weighted by atomic mass is 9.47. The molecule has 8 atom stereocenters. The maximum absolute atomic E-state index is 10.2. The minimum Gasteiger partial charge on any atom is -0.393 e. The molecule has 1 heteroatoms. The summed E-state index contributed by atoms with van der Waals surface area (Å²) in [6, 6.07) is 0. The van der Waals surface area contributed by atoms with Gasteiger partial charge in [0.05, 0.1) is 6.10 Å². The third-order valence-electron chi connectivity index (χ3n) is 10.0. The lowest BCUT2D eigenvalue weighted by Gasteiger charge is -2.58. The third-order valence-corrected chi connectivity index (χ3v) is 10.0. The van der Waals surface area contributed by atoms with Crippen molar-refractivity contribution in [2.45, 2.75) is 105 Å². The number of hydrogen-bond donors (Lipinski definition) is 1. The summed E-state index contributed by atoms with van der Waals surface area (Å²) < 4.78 is 0. The Hall–Kier alpha value is -0.560. The molecule has 3 fully saturated rings. The van der Waals surface area contributed by atoms with E-state index in [4.69, 9.17) is 0 Å². The third kappa shape index (κ3) is 3.34. The van der Waals surface area contributed by atoms with Crippen molar-refractivity contribution in [2.24, 2.45) is 40.4 Å². The van der Waals surface area contributed by atoms with E-state index in [2.05, 4.69) is 46.8 Å². The Balaban J connectivity index is 1.51. The molecule has 1 N–H and O–H groups in total. The van der Waals surface area contributed by atoms with Crippen molar-refractivity contribution in [2.75, 3.05) is 0 Å². The average Bonchev–Trinajstić information content (AvgIpc) is 2.99. The summed E-state index contributed by atoms with van der Waals surface area (Å²) in [6.45, 7) is 12.2. The summed E-state index contributed by atoms with van der Waals surface area (Å²) in [5.41, 5.74) is 4.04. The van der Waals surface area contributed by atoms with Crippen LogP contribution in [0.25, 0.3) is 0 Å². The van der Waals surface area contributed by atoms with E-state index < -0.39 is 0 Å². The normalized spacial score (nSPS) is 46.1. The van der Waals surface area contributed by atoms with Crippen LogP contribution in [-0.2, 0) is 0 Å². The number of rotatable bonds is 4. The molecule has 0 aromatic rings. The average molecular weight is 385 g/mol. The van der Waals surface area contributed by atoms with Crippen molar-refractivity contribution in [3.05, 3.63) is 23.3 Å². The maximum Gasteiger partial charge on any atom is 0.0577 e. The number of hydrogen-bond acceptors (Lipinski definition) is 1. The molecule has 0 aliphatic heterocycles. The number of allylic oxidation sites excluding steroid dienone is 3. The SMILES string of the molecule is CC(C)=CCC[C@H](C)[C@H]1CC[C@H]2[C@@H]3CC=C4C[C@H](O)CC[C@]4(C)[C@H]3CC[C@]12C. The van der Waals surface area contributed by atoms with Crippen LogP contribution in [0.15, 0.2) is 23.3 Å². The van der Waals surface area contributed by atoms with E-state index in [9.17, 15) is 5.11 Å². The second-order valence-electron chi connectivity index (χ2n) is 11.7. The van der Waals surface area contributed by atoms with Crippen molar-refractivity contribution in [1.29, 1.82) is 0 Å². The fraction of sp³-hybridized carbons (Fsp3) is 0.852. The van der Waals surface area contributed by atoms with Crippen LogP contribution in [-0.4, -0.2) is 11.2 Å². The van der Waals surface area contributed by atoms with Crippen molar-refractivity contribution < 1.29 is 5.11 Å². The zero-order valence-corrected chi connectivity index (χ0v) is 19.1. The second kappa shape index (κ2) is 7.60. The van der Waals surface area contributed by atoms with Gasteiger partial charge in [0.15, 0.2) is 0 Å². The van der Waals surface area contributed by atoms with Crippen LogP contribution in [0.1, 0.15) is 98.8 Å². The predicted molar refractivity (Wildman–Crippen MR) is 119 cm³/mol. The summed E-state index contributed by atoms with van der Waals surface area (Å²) in [6.07, 6.45) is 17.9. The molecule has 0 bridgehead atoms. The first kappa shape index (κ1) is 20.7. The van der Waals surface area contributed by atoms with Gasteiger partial charge in [-0.3, -0.25) is 0 Å². The molecule has 0 aromatic carbocycles. The molecular weight excluding hydrogens is 340 g/mol. The molecule has 0 unspecified atom stereocenters. The lowest BCUT2D eigenvalue weighted by Crippen LogP contribution is -2.50. The molecule has 4 aliphatic rings. The predicted octanol–water partition coefficient (Wildman–Crippen LogP) is 7.31. The van der Waals surface area contributed by atoms with E-state index in [-0.39, 0.29) is 6.10 Å². The molecule has 0 aromatic heterocycles. The van der Waals surface area contributed by atoms with E-state index in [0.29, 0.717) is 10.8 Å². The van der Waals surface area contributed by atoms with E-state index in [1.54, 1.807) is 5.57 Å². The van der Waals surface area contributed by atoms with Crippen LogP contribution in [0.2, 0.25) is 0 Å². The molecule has 0 saturated heterocycles. The van der Waals surface area contributed by atoms with Gasteiger partial charge in [0.25, 0.3) is 0 Å². The number of aliphatic hydroxyl groups is 1. The van der Waals surface area contributed by atoms with Crippen LogP contribution in [0.5, 0.6) is 0 Å². The molecule has 0 heterocycles. The minimum atomic E-state index is -0.0813. The Morgan fingerprint density at radius 3 is 2.68 bits per heavy atom. The summed E-state index contributed by atoms with van der Waals surface area (Å²) in [7, 11) is 0. The zero-order valence-electron chi connectivity index (χ0n) is 19.1. The molecule has 28 heavy (non-hydrogen) atoms. The first-order chi connectivity index (χ1) is 13.3. The molecule has 3 saturated carbocycles. The quantitative estimate of drug-likeness (QED) is 0.504. The summed E-state index contributed by atoms with van der Waals surface area (Å²) in [5, 5.41) is 10.2. The summed E-state index contributed by atoms with van der Waals surface area (Å²) in [4.78, 5) is 0. The van der Waals surface area contributed by atoms with Gasteiger partial charge in [-0.2, -0.15) is 0 Å². The van der Waals surface area contributed by atoms with Crippen molar-refractivity contribution >= 4 is 0 Å². The highest BCUT2D eigenvalue weighted by atomic mass is 16.3. The van der Waals surface area contributed by atoms with Gasteiger partial charge in [-0.25, -0.2) is 0 Å². The number of aliphatic hydroxyl groups excluding tert-OH is 1. The Morgan fingerprint density at radius 2 is 1.93 bits per heavy atom. The zero-order chi connectivity index (χ0) is 20.1. The Labute approximate surface area is 174 Å². The van der Waals surface area contributed by atoms with Crippen molar-refractivity contribution in [3.63, 3.8) is 0 Å². The molecule has 4 aliphatic carbocycles. The molecule has 1 nitrogen and oxygen atoms in total. The van der Waals surface area contributed by atoms with Gasteiger partial charge in [-0.15, -0.1) is 0 Å². The molecule has 0 spiro atoms. The lowest BCUT2D eigenvalue weighted by molar-refractivity contribution is -0.0571. The fourth-order valence-electron chi connectivity index (χ4n) is 8.45. The van der Waals surface area contributed by atoms with E-state index >= 15 is 0 Å². The van der Waals surface area contributed by atoms with Gasteiger partial charge in [0, 0.05) is 0 Å². The van der Waals surface area contributed by atoms with Crippen LogP contribution >= 0.6 is 0 Å². The number of fused-ring (bicyclic) bond motifs is 5. The molecular formula is C27H44O. The van der Waals surface area contributed by atoms with Crippen molar-refractivity contribution in [3.8, 4) is 0 Å². The van der Waals surface area contributed by atoms with E-state index in [1.807, 2.05) is 0 Å². The van der Waals surface area contributed by atoms with Gasteiger partial charge in [0.2, 0.25) is 0 Å². The monoisotopic (exact) mass is 384 g/mol. The second-order valence-corrected chi connectivity index (χ2v) is 11.7. The van der Waals surface area contributed by atoms with Crippen molar-refractivity contribution in [1.82, 2.24) is 0 Å². The standard InChI is InChI=1S/C27H44O/c1-18(2)7-6-8-19(3)23-11-12-24-22-10-9-20-17-21(28)13-15-26(20,4)25(22)14-16-27(23,24)5/h7,9,19,21-25,28H,6,8,10-17H2,1-5H3/t19-,21+,22-,23+,24-,25-,26-,27+/m0/s1. The van der Waals surface area contributed by atoms with Gasteiger partial charge in [-0.05, 0) is 118 Å². The maximum atomic E-state index is 10.2. The largest absolute Gasteiger partial charge is 0.393 e. The van der Waals surface area contributed by atoms with Gasteiger partial charge in [0.1, 0.15) is 0 Å². The highest BCUT2D eigenvalue weighted by Gasteiger charge is 2.58. The van der Waals surface area contributed by atoms with E-state index in [0.717, 1.165) is 42.4 Å². The first-order valence-corrected chi connectivity index (χ1v) is 12.3. The Morgan fingerprint density at radius 1 is 1.14 bits per heavy atom. The molecule has 0 amide bonds. The summed E-state index contributed by atoms with van der Waals surface area (Å²) >= 11 is 0. The molecule has 158 valence electrons. The van der Waals surface area contributed by atoms with Gasteiger partial charge in [-0.1, -0.05) is 44.1 Å². The first-order valence-electron chi connectivity index (χ1n) is 12.3. The smallest absolute Gasteiger partial charge is 0.0577 e. The van der Waals surface area contributed by atoms with Gasteiger partial charge >= 0.3 is 0 Å². The highest BCUT2D eigenvalue weighted by Crippen LogP contribution is 2.67. The van der Waals surface area contributed by atoms with Crippen LogP contribution < -0.4 is 0 Å². The van der Waals surface area contributed by atoms with Gasteiger partial charge < -0.3 is 5.11 Å². The van der Waals surface area contributed by atoms with Crippen LogP contribution in [0, 0.1) is 40.4 Å². The highest BCUT2D eigenvalue weighted by molar-refractivity contribution is 5.25. The van der Waals surface area contributed by atoms with Crippen LogP contribution in [0.3, 0.4) is 0 Å². The summed E-state index contributed by atoms with van der Waals surface area (Å²) in [5.74, 6) is 4.49. The Kier molecular flexibility index (Phi) is 5.62. The molecule has 0 radical (unpaired) electrons. The van der Waals surface area contributed by atoms with E-state index in [1.165, 1.54) is 56.9 Å². The molecule has 4 rings (SSSR count). The topological polar surface area (TPSA) is 20.2 Å². The Bertz CT molecular complexity index is 641. The fourth-order valence-corrected chi connectivity index (χ4v) is 8.45. The minimum absolute atomic E-state index is 0.0813. The van der Waals surface area contributed by atoms with Crippen LogP contribution in [0.4, 0.5) is 0 Å².